The lowest BCUT2D eigenvalue weighted by Crippen LogP contribution is -2.61. The first kappa shape index (κ1) is 84.6. The van der Waals surface area contributed by atoms with E-state index in [4.69, 9.17) is 19.9 Å². The summed E-state index contributed by atoms with van der Waals surface area (Å²) in [6.07, 6.45) is 0. The number of rotatable bonds is 9. The molecule has 2 aliphatic heterocycles. The molecule has 0 fully saturated rings. The molecular formula is C114H128BN7. The Morgan fingerprint density at radius 2 is 0.541 bits per heavy atom. The Hall–Kier alpha value is -11.0. The summed E-state index contributed by atoms with van der Waals surface area (Å²) in [7, 11) is 0. The van der Waals surface area contributed by atoms with Gasteiger partial charge in [0.2, 0.25) is 0 Å². The van der Waals surface area contributed by atoms with Gasteiger partial charge in [-0.05, 0) is 179 Å². The van der Waals surface area contributed by atoms with Gasteiger partial charge in [-0.15, -0.1) is 0 Å². The monoisotopic (exact) mass is 1610 g/mol. The molecule has 16 rings (SSSR count). The minimum atomic E-state index is -0.345. The van der Waals surface area contributed by atoms with E-state index < -0.39 is 0 Å². The first-order valence-electron chi connectivity index (χ1n) is 44.5. The van der Waals surface area contributed by atoms with Crippen molar-refractivity contribution in [2.24, 2.45) is 0 Å². The summed E-state index contributed by atoms with van der Waals surface area (Å²) in [6.45, 7) is 69.4. The van der Waals surface area contributed by atoms with Crippen LogP contribution in [0.2, 0.25) is 0 Å². The number of hydrogen-bond acceptors (Lipinski definition) is 6. The van der Waals surface area contributed by atoms with Gasteiger partial charge in [-0.3, -0.25) is 19.9 Å². The summed E-state index contributed by atoms with van der Waals surface area (Å²) in [5.41, 5.74) is 35.0. The molecule has 0 saturated carbocycles. The van der Waals surface area contributed by atoms with Gasteiger partial charge in [0.05, 0.1) is 39.5 Å². The fourth-order valence-electron chi connectivity index (χ4n) is 17.8. The van der Waals surface area contributed by atoms with Crippen LogP contribution in [-0.2, 0) is 54.1 Å². The van der Waals surface area contributed by atoms with Crippen molar-refractivity contribution in [1.82, 2.24) is 24.5 Å². The van der Waals surface area contributed by atoms with E-state index in [0.717, 1.165) is 141 Å². The number of para-hydroxylation sites is 4. The maximum atomic E-state index is 5.84. The highest BCUT2D eigenvalue weighted by Crippen LogP contribution is 2.56. The minimum absolute atomic E-state index is 0.147. The SMILES string of the molecule is CC(C)(C)c1cc(-c2ccc3c(c2)N(c2c(-c4cc(C(C)(C)C)nc(C(C)(C)C)c4)cccc2-c2cc(C(C)(C)C)nc(C(C)(C)C)c2)c2cc(-n4c5ccccc5c5ccccc54)cc4c2B3c2ccc(-c3cc(C(C)(C)C)cc(C(C)(C)C)c3)cc2N4c2c(-c3cccc(C(C)(C)C)n3)cccc2-c2cccc(C(C)(C)C)n2)cc(C(C)(C)C)c1. The molecule has 0 atom stereocenters. The van der Waals surface area contributed by atoms with Crippen LogP contribution >= 0.6 is 0 Å². The van der Waals surface area contributed by atoms with Crippen LogP contribution < -0.4 is 26.2 Å². The van der Waals surface area contributed by atoms with Crippen molar-refractivity contribution in [3.8, 4) is 72.7 Å². The minimum Gasteiger partial charge on any atom is -0.310 e. The molecule has 0 radical (unpaired) electrons. The van der Waals surface area contributed by atoms with Crippen LogP contribution in [0.5, 0.6) is 0 Å². The molecule has 0 spiro atoms. The van der Waals surface area contributed by atoms with E-state index in [-0.39, 0.29) is 60.9 Å². The van der Waals surface area contributed by atoms with Gasteiger partial charge >= 0.3 is 0 Å². The van der Waals surface area contributed by atoms with Gasteiger partial charge in [-0.1, -0.05) is 353 Å². The van der Waals surface area contributed by atoms with Crippen LogP contribution in [0.15, 0.2) is 231 Å². The van der Waals surface area contributed by atoms with Crippen molar-refractivity contribution in [1.29, 1.82) is 0 Å². The van der Waals surface area contributed by atoms with Crippen molar-refractivity contribution < 1.29 is 0 Å². The van der Waals surface area contributed by atoms with Crippen molar-refractivity contribution in [2.45, 2.75) is 262 Å². The third kappa shape index (κ3) is 15.7. The molecule has 0 unspecified atom stereocenters. The lowest BCUT2D eigenvalue weighted by molar-refractivity contribution is 0.531. The maximum Gasteiger partial charge on any atom is 0.252 e. The van der Waals surface area contributed by atoms with Crippen LogP contribution in [-0.4, -0.2) is 31.2 Å². The van der Waals surface area contributed by atoms with Gasteiger partial charge in [0.25, 0.3) is 6.71 Å². The Morgan fingerprint density at radius 3 is 0.869 bits per heavy atom. The van der Waals surface area contributed by atoms with Crippen LogP contribution in [0.1, 0.15) is 264 Å². The molecular weight excluding hydrogens is 1480 g/mol. The quantitative estimate of drug-likeness (QED) is 0.134. The number of nitrogens with zero attached hydrogens (tertiary/aromatic N) is 7. The second-order valence-corrected chi connectivity index (χ2v) is 45.5. The van der Waals surface area contributed by atoms with Gasteiger partial charge in [-0.2, -0.15) is 0 Å². The Kier molecular flexibility index (Phi) is 20.4. The number of hydrogen-bond donors (Lipinski definition) is 0. The number of benzene rings is 9. The summed E-state index contributed by atoms with van der Waals surface area (Å²) in [5.74, 6) is 0. The lowest BCUT2D eigenvalue weighted by atomic mass is 9.33. The zero-order chi connectivity index (χ0) is 87.8. The highest BCUT2D eigenvalue weighted by atomic mass is 15.2. The average molecular weight is 1610 g/mol. The lowest BCUT2D eigenvalue weighted by Gasteiger charge is -2.46. The summed E-state index contributed by atoms with van der Waals surface area (Å²) in [6, 6.07) is 90.1. The molecule has 622 valence electrons. The molecule has 2 aliphatic rings. The summed E-state index contributed by atoms with van der Waals surface area (Å²) >= 11 is 0. The highest BCUT2D eigenvalue weighted by molar-refractivity contribution is 7.00. The average Bonchev–Trinajstić information content (AvgIpc) is 0.723. The molecule has 7 heterocycles. The Bertz CT molecular complexity index is 6150. The van der Waals surface area contributed by atoms with Gasteiger partial charge in [0.15, 0.2) is 0 Å². The van der Waals surface area contributed by atoms with E-state index in [1.807, 2.05) is 0 Å². The highest BCUT2D eigenvalue weighted by Gasteiger charge is 2.47. The van der Waals surface area contributed by atoms with Gasteiger partial charge in [0.1, 0.15) is 0 Å². The second kappa shape index (κ2) is 29.4. The molecule has 5 aromatic heterocycles. The maximum absolute atomic E-state index is 5.84. The molecule has 0 bridgehead atoms. The second-order valence-electron chi connectivity index (χ2n) is 45.5. The van der Waals surface area contributed by atoms with Gasteiger partial charge < -0.3 is 14.4 Å². The number of fused-ring (bicyclic) bond motifs is 7. The molecule has 0 N–H and O–H groups in total. The zero-order valence-electron chi connectivity index (χ0n) is 78.6. The molecule has 7 nitrogen and oxygen atoms in total. The predicted molar refractivity (Wildman–Crippen MR) is 526 cm³/mol. The fraction of sp³-hybridized carbons (Fsp3) is 0.351. The van der Waals surface area contributed by atoms with E-state index in [1.54, 1.807) is 0 Å². The zero-order valence-corrected chi connectivity index (χ0v) is 78.6. The third-order valence-corrected chi connectivity index (χ3v) is 25.3. The van der Waals surface area contributed by atoms with Gasteiger partial charge in [-0.25, -0.2) is 0 Å². The number of anilines is 6. The fourth-order valence-corrected chi connectivity index (χ4v) is 17.8. The molecule has 122 heavy (non-hydrogen) atoms. The molecule has 0 amide bonds. The molecule has 0 saturated heterocycles. The van der Waals surface area contributed by atoms with Crippen molar-refractivity contribution >= 4 is 79.0 Å². The van der Waals surface area contributed by atoms with E-state index in [2.05, 4.69) is 453 Å². The Morgan fingerprint density at radius 1 is 0.230 bits per heavy atom. The van der Waals surface area contributed by atoms with E-state index >= 15 is 0 Å². The van der Waals surface area contributed by atoms with E-state index in [1.165, 1.54) is 60.5 Å². The van der Waals surface area contributed by atoms with Crippen LogP contribution in [0.25, 0.3) is 94.5 Å². The smallest absolute Gasteiger partial charge is 0.252 e. The predicted octanol–water partition coefficient (Wildman–Crippen LogP) is 29.4. The summed E-state index contributed by atoms with van der Waals surface area (Å²) in [5, 5.41) is 2.37. The standard InChI is InChI=1S/C114H128BN7/c1-105(2,3)75-55-71(56-76(65-75)106(4,5)6)69-51-53-86-92(59-69)121(103-80(73-61-98(111(19,20)21)118-99(62-73)112(22,23)24)41-35-42-81(103)74-63-100(113(25,26)27)119-101(64-74)114(28,29)30)94-67-79(120-90-47-33-31-39-82(90)83-40-32-34-48-91(83)120)68-95-102(94)115(86)87-54-52-70(72-57-77(107(7,8)9)66-78(58-72)108(10,11)12)60-93(87)122(95)104-84(88-45-37-49-96(116-88)109(13,14)15)43-36-44-85(104)89-46-38-50-97(117-89)110(16,17)18/h31-68H,1-30H3. The summed E-state index contributed by atoms with van der Waals surface area (Å²) in [4.78, 5) is 28.5. The molecule has 8 heteroatoms. The van der Waals surface area contributed by atoms with Crippen LogP contribution in [0.3, 0.4) is 0 Å². The largest absolute Gasteiger partial charge is 0.310 e. The topological polar surface area (TPSA) is 63.0 Å². The number of aromatic nitrogens is 5. The van der Waals surface area contributed by atoms with E-state index in [9.17, 15) is 0 Å². The van der Waals surface area contributed by atoms with Crippen molar-refractivity contribution in [3.63, 3.8) is 0 Å². The van der Waals surface area contributed by atoms with Crippen LogP contribution in [0.4, 0.5) is 34.1 Å². The Balaban J connectivity index is 1.17. The van der Waals surface area contributed by atoms with Crippen molar-refractivity contribution in [3.05, 3.63) is 287 Å². The first-order valence-corrected chi connectivity index (χ1v) is 44.5. The summed E-state index contributed by atoms with van der Waals surface area (Å²) < 4.78 is 2.56. The molecule has 0 aliphatic carbocycles. The number of pyridine rings is 4. The Labute approximate surface area is 730 Å². The molecule has 9 aromatic carbocycles. The van der Waals surface area contributed by atoms with Crippen molar-refractivity contribution in [2.75, 3.05) is 9.80 Å². The molecule has 14 aromatic rings. The van der Waals surface area contributed by atoms with Crippen LogP contribution in [0, 0.1) is 0 Å². The first-order chi connectivity index (χ1) is 56.8. The normalized spacial score (nSPS) is 13.8. The van der Waals surface area contributed by atoms with Gasteiger partial charge in [0, 0.05) is 122 Å². The third-order valence-electron chi connectivity index (χ3n) is 25.3. The van der Waals surface area contributed by atoms with E-state index in [0.29, 0.717) is 0 Å².